The van der Waals surface area contributed by atoms with Crippen LogP contribution in [0.5, 0.6) is 0 Å². The first kappa shape index (κ1) is 13.9. The third kappa shape index (κ3) is 2.59. The topological polar surface area (TPSA) is 12.5 Å². The molecule has 2 unspecified atom stereocenters. The molecule has 108 valence electrons. The average molecular weight is 279 g/mol. The fourth-order valence-electron chi connectivity index (χ4n) is 3.28. The molecule has 1 heterocycles. The van der Waals surface area contributed by atoms with Crippen LogP contribution in [0.1, 0.15) is 17.2 Å². The number of anilines is 1. The second-order valence-corrected chi connectivity index (χ2v) is 5.44. The third-order valence-electron chi connectivity index (χ3n) is 4.16. The lowest BCUT2D eigenvalue weighted by atomic mass is 9.87. The van der Waals surface area contributed by atoms with Crippen molar-refractivity contribution in [1.82, 2.24) is 0 Å². The Morgan fingerprint density at radius 3 is 2.57 bits per heavy atom. The van der Waals surface area contributed by atoms with E-state index in [0.717, 1.165) is 6.42 Å². The van der Waals surface area contributed by atoms with Gasteiger partial charge in [-0.25, -0.2) is 0 Å². The van der Waals surface area contributed by atoms with Crippen molar-refractivity contribution in [3.05, 3.63) is 78.4 Å². The van der Waals surface area contributed by atoms with Crippen LogP contribution < -0.4 is 4.90 Å². The van der Waals surface area contributed by atoms with E-state index in [2.05, 4.69) is 66.1 Å². The Morgan fingerprint density at radius 1 is 1.14 bits per heavy atom. The molecule has 0 amide bonds. The fraction of sp³-hybridized carbons (Fsp3) is 0.263. The molecule has 0 radical (unpaired) electrons. The summed E-state index contributed by atoms with van der Waals surface area (Å²) in [4.78, 5) is 2.43. The van der Waals surface area contributed by atoms with Gasteiger partial charge in [0, 0.05) is 12.8 Å². The summed E-state index contributed by atoms with van der Waals surface area (Å²) in [6.45, 7) is 4.79. The highest BCUT2D eigenvalue weighted by Crippen LogP contribution is 2.37. The maximum absolute atomic E-state index is 5.46. The zero-order valence-corrected chi connectivity index (χ0v) is 12.4. The number of ether oxygens (including phenoxy) is 1. The Hall–Kier alpha value is -2.06. The number of rotatable bonds is 4. The molecule has 0 saturated carbocycles. The van der Waals surface area contributed by atoms with Gasteiger partial charge < -0.3 is 9.64 Å². The number of benzene rings is 2. The first-order valence-corrected chi connectivity index (χ1v) is 7.38. The molecule has 1 aliphatic heterocycles. The molecule has 0 bridgehead atoms. The van der Waals surface area contributed by atoms with Gasteiger partial charge in [0.2, 0.25) is 0 Å². The van der Waals surface area contributed by atoms with Gasteiger partial charge in [-0.2, -0.15) is 0 Å². The van der Waals surface area contributed by atoms with E-state index in [0.29, 0.717) is 12.6 Å². The molecule has 21 heavy (non-hydrogen) atoms. The van der Waals surface area contributed by atoms with Gasteiger partial charge >= 0.3 is 0 Å². The van der Waals surface area contributed by atoms with Gasteiger partial charge in [-0.3, -0.25) is 0 Å². The summed E-state index contributed by atoms with van der Waals surface area (Å²) in [5, 5.41) is 0. The van der Waals surface area contributed by atoms with Crippen LogP contribution in [0, 0.1) is 0 Å². The zero-order valence-electron chi connectivity index (χ0n) is 12.4. The van der Waals surface area contributed by atoms with Crippen LogP contribution in [-0.4, -0.2) is 19.8 Å². The molecule has 2 heteroatoms. The Labute approximate surface area is 126 Å². The van der Waals surface area contributed by atoms with Crippen LogP contribution >= 0.6 is 0 Å². The van der Waals surface area contributed by atoms with Crippen LogP contribution in [0.4, 0.5) is 5.69 Å². The van der Waals surface area contributed by atoms with Gasteiger partial charge in [-0.15, -0.1) is 6.58 Å². The summed E-state index contributed by atoms with van der Waals surface area (Å²) in [6.07, 6.45) is 3.04. The maximum Gasteiger partial charge on any atom is 0.0730 e. The summed E-state index contributed by atoms with van der Waals surface area (Å²) in [5.41, 5.74) is 3.97. The molecular weight excluding hydrogens is 258 g/mol. The number of methoxy groups -OCH3 is 1. The molecule has 3 rings (SSSR count). The van der Waals surface area contributed by atoms with Crippen molar-refractivity contribution in [2.75, 3.05) is 18.6 Å². The van der Waals surface area contributed by atoms with E-state index >= 15 is 0 Å². The average Bonchev–Trinajstić information content (AvgIpc) is 2.54. The number of fused-ring (bicyclic) bond motifs is 1. The van der Waals surface area contributed by atoms with Gasteiger partial charge in [0.15, 0.2) is 0 Å². The summed E-state index contributed by atoms with van der Waals surface area (Å²) < 4.78 is 5.46. The van der Waals surface area contributed by atoms with E-state index in [1.165, 1.54) is 16.8 Å². The number of nitrogens with zero attached hydrogens (tertiary/aromatic N) is 1. The van der Waals surface area contributed by atoms with Crippen LogP contribution in [0.15, 0.2) is 67.3 Å². The van der Waals surface area contributed by atoms with E-state index in [1.807, 2.05) is 6.08 Å². The van der Waals surface area contributed by atoms with Crippen molar-refractivity contribution < 1.29 is 4.74 Å². The van der Waals surface area contributed by atoms with E-state index < -0.39 is 0 Å². The minimum absolute atomic E-state index is 0.192. The molecule has 0 fully saturated rings. The second-order valence-electron chi connectivity index (χ2n) is 5.44. The third-order valence-corrected chi connectivity index (χ3v) is 4.16. The number of hydrogen-bond donors (Lipinski definition) is 0. The molecule has 0 aromatic heterocycles. The highest BCUT2D eigenvalue weighted by atomic mass is 16.5. The molecule has 0 saturated heterocycles. The Balaban J connectivity index is 2.08. The normalized spacial score (nSPS) is 20.9. The predicted octanol–water partition coefficient (Wildman–Crippen LogP) is 3.99. The van der Waals surface area contributed by atoms with E-state index in [-0.39, 0.29) is 6.04 Å². The molecule has 2 nitrogen and oxygen atoms in total. The van der Waals surface area contributed by atoms with E-state index in [9.17, 15) is 0 Å². The van der Waals surface area contributed by atoms with E-state index in [1.54, 1.807) is 7.11 Å². The SMILES string of the molecule is C=CC1c2ccccc2CC(COC)N1c1ccccc1. The van der Waals surface area contributed by atoms with Gasteiger partial charge in [0.05, 0.1) is 18.7 Å². The van der Waals surface area contributed by atoms with Gasteiger partial charge in [-0.05, 0) is 29.7 Å². The molecule has 2 aromatic carbocycles. The standard InChI is InChI=1S/C19H21NO/c1-3-19-18-12-8-7-9-15(18)13-17(14-21-2)20(19)16-10-5-4-6-11-16/h3-12,17,19H,1,13-14H2,2H3. The van der Waals surface area contributed by atoms with E-state index in [4.69, 9.17) is 4.74 Å². The van der Waals surface area contributed by atoms with Crippen LogP contribution in [0.25, 0.3) is 0 Å². The first-order valence-electron chi connectivity index (χ1n) is 7.38. The lowest BCUT2D eigenvalue weighted by Gasteiger charge is -2.43. The fourth-order valence-corrected chi connectivity index (χ4v) is 3.28. The Morgan fingerprint density at radius 2 is 1.86 bits per heavy atom. The minimum Gasteiger partial charge on any atom is -0.383 e. The van der Waals surface area contributed by atoms with Gasteiger partial charge in [0.1, 0.15) is 0 Å². The molecule has 0 N–H and O–H groups in total. The van der Waals surface area contributed by atoms with Crippen LogP contribution in [-0.2, 0) is 11.2 Å². The van der Waals surface area contributed by atoms with Crippen molar-refractivity contribution in [3.63, 3.8) is 0 Å². The smallest absolute Gasteiger partial charge is 0.0730 e. The Bertz CT molecular complexity index is 608. The highest BCUT2D eigenvalue weighted by molar-refractivity contribution is 5.55. The van der Waals surface area contributed by atoms with Crippen molar-refractivity contribution in [2.45, 2.75) is 18.5 Å². The molecule has 0 aliphatic carbocycles. The molecule has 0 spiro atoms. The zero-order chi connectivity index (χ0) is 14.7. The number of para-hydroxylation sites is 1. The summed E-state index contributed by atoms with van der Waals surface area (Å²) >= 11 is 0. The maximum atomic E-state index is 5.46. The van der Waals surface area contributed by atoms with Gasteiger partial charge in [-0.1, -0.05) is 48.5 Å². The Kier molecular flexibility index (Phi) is 4.07. The second kappa shape index (κ2) is 6.15. The van der Waals surface area contributed by atoms with Crippen molar-refractivity contribution in [2.24, 2.45) is 0 Å². The molecular formula is C19H21NO. The molecule has 1 aliphatic rings. The summed E-state index contributed by atoms with van der Waals surface area (Å²) in [6, 6.07) is 19.7. The predicted molar refractivity (Wildman–Crippen MR) is 87.7 cm³/mol. The van der Waals surface area contributed by atoms with Crippen LogP contribution in [0.3, 0.4) is 0 Å². The van der Waals surface area contributed by atoms with Crippen molar-refractivity contribution >= 4 is 5.69 Å². The lowest BCUT2D eigenvalue weighted by molar-refractivity contribution is 0.171. The van der Waals surface area contributed by atoms with Crippen molar-refractivity contribution in [3.8, 4) is 0 Å². The largest absolute Gasteiger partial charge is 0.383 e. The highest BCUT2D eigenvalue weighted by Gasteiger charge is 2.32. The van der Waals surface area contributed by atoms with Crippen LogP contribution in [0.2, 0.25) is 0 Å². The quantitative estimate of drug-likeness (QED) is 0.785. The lowest BCUT2D eigenvalue weighted by Crippen LogP contribution is -2.45. The minimum atomic E-state index is 0.192. The molecule has 2 atom stereocenters. The monoisotopic (exact) mass is 279 g/mol. The summed E-state index contributed by atoms with van der Waals surface area (Å²) in [5.74, 6) is 0. The molecule has 2 aromatic rings. The first-order chi connectivity index (χ1) is 10.3. The van der Waals surface area contributed by atoms with Gasteiger partial charge in [0.25, 0.3) is 0 Å². The summed E-state index contributed by atoms with van der Waals surface area (Å²) in [7, 11) is 1.77. The number of hydrogen-bond acceptors (Lipinski definition) is 2. The van der Waals surface area contributed by atoms with Crippen molar-refractivity contribution in [1.29, 1.82) is 0 Å².